The second-order valence-electron chi connectivity index (χ2n) is 5.09. The molecule has 0 heteroatoms. The molecule has 0 fully saturated rings. The van der Waals surface area contributed by atoms with Crippen molar-refractivity contribution >= 4 is 0 Å². The molecule has 1 rings (SSSR count). The zero-order valence-electron chi connectivity index (χ0n) is 13.8. The third-order valence-electron chi connectivity index (χ3n) is 3.47. The van der Waals surface area contributed by atoms with Crippen LogP contribution in [0.1, 0.15) is 25.0 Å². The summed E-state index contributed by atoms with van der Waals surface area (Å²) in [4.78, 5) is 0. The summed E-state index contributed by atoms with van der Waals surface area (Å²) in [6.07, 6.45) is 18.0. The molecule has 0 saturated carbocycles. The third-order valence-corrected chi connectivity index (χ3v) is 3.47. The van der Waals surface area contributed by atoms with Crippen LogP contribution in [0.4, 0.5) is 0 Å². The van der Waals surface area contributed by atoms with Gasteiger partial charge in [0.1, 0.15) is 0 Å². The maximum atomic E-state index is 3.71. The summed E-state index contributed by atoms with van der Waals surface area (Å²) in [5, 5.41) is 0. The number of hydrogen-bond acceptors (Lipinski definition) is 0. The summed E-state index contributed by atoms with van der Waals surface area (Å²) in [7, 11) is 0. The van der Waals surface area contributed by atoms with Gasteiger partial charge in [0.15, 0.2) is 0 Å². The van der Waals surface area contributed by atoms with Crippen molar-refractivity contribution < 1.29 is 0 Å². The fraction of sp³-hybridized carbons (Fsp3) is 0.182. The highest BCUT2D eigenvalue weighted by Gasteiger charge is 1.99. The molecule has 0 aromatic heterocycles. The van der Waals surface area contributed by atoms with Gasteiger partial charge >= 0.3 is 0 Å². The Balaban J connectivity index is 2.74. The molecular formula is C22H26. The van der Waals surface area contributed by atoms with Crippen molar-refractivity contribution in [1.82, 2.24) is 0 Å². The number of benzene rings is 1. The Morgan fingerprint density at radius 1 is 0.773 bits per heavy atom. The predicted molar refractivity (Wildman–Crippen MR) is 100 cm³/mol. The van der Waals surface area contributed by atoms with E-state index in [0.29, 0.717) is 0 Å². The second kappa shape index (κ2) is 10.4. The van der Waals surface area contributed by atoms with E-state index in [1.807, 2.05) is 24.3 Å². The number of hydrogen-bond donors (Lipinski definition) is 0. The molecule has 0 aliphatic carbocycles. The van der Waals surface area contributed by atoms with Crippen LogP contribution in [0, 0.1) is 0 Å². The van der Waals surface area contributed by atoms with Gasteiger partial charge in [0.25, 0.3) is 0 Å². The Kier molecular flexibility index (Phi) is 8.37. The topological polar surface area (TPSA) is 0 Å². The van der Waals surface area contributed by atoms with Crippen molar-refractivity contribution in [2.24, 2.45) is 0 Å². The van der Waals surface area contributed by atoms with Crippen molar-refractivity contribution in [3.8, 4) is 0 Å². The van der Waals surface area contributed by atoms with E-state index in [1.165, 1.54) is 22.3 Å². The molecule has 0 saturated heterocycles. The van der Waals surface area contributed by atoms with Gasteiger partial charge in [-0.3, -0.25) is 0 Å². The smallest absolute Gasteiger partial charge is 0.00290 e. The molecule has 0 radical (unpaired) electrons. The van der Waals surface area contributed by atoms with Gasteiger partial charge < -0.3 is 0 Å². The van der Waals surface area contributed by atoms with E-state index >= 15 is 0 Å². The first-order chi connectivity index (χ1) is 10.7. The largest absolute Gasteiger partial charge is 0.0991 e. The fourth-order valence-corrected chi connectivity index (χ4v) is 2.14. The standard InChI is InChI=1S/C22H26/c1-5-9-11-19(7-3)17-21-13-15-22(16-14-21)18-20(8-4)12-10-6-2/h5-16H,1-2,17-18H2,3-4H3/b11-9-,12-10-,19-7+,20-8+. The molecule has 0 aliphatic heterocycles. The van der Waals surface area contributed by atoms with Gasteiger partial charge in [0.05, 0.1) is 0 Å². The lowest BCUT2D eigenvalue weighted by molar-refractivity contribution is 1.15. The lowest BCUT2D eigenvalue weighted by atomic mass is 9.99. The Hall–Kier alpha value is -2.34. The Morgan fingerprint density at radius 2 is 1.14 bits per heavy atom. The molecule has 0 bridgehead atoms. The summed E-state index contributed by atoms with van der Waals surface area (Å²) in [5.74, 6) is 0. The van der Waals surface area contributed by atoms with E-state index in [9.17, 15) is 0 Å². The summed E-state index contributed by atoms with van der Waals surface area (Å²) < 4.78 is 0. The van der Waals surface area contributed by atoms with Gasteiger partial charge in [-0.2, -0.15) is 0 Å². The SMILES string of the molecule is C=C/C=C\C(=C/C)Cc1ccc(CC(/C=C\C=C)=C/C)cc1. The van der Waals surface area contributed by atoms with Crippen LogP contribution in [-0.2, 0) is 12.8 Å². The van der Waals surface area contributed by atoms with Crippen LogP contribution in [0.25, 0.3) is 0 Å². The summed E-state index contributed by atoms with van der Waals surface area (Å²) in [6, 6.07) is 8.85. The van der Waals surface area contributed by atoms with E-state index in [0.717, 1.165) is 12.8 Å². The Labute approximate surface area is 135 Å². The molecule has 0 unspecified atom stereocenters. The molecular weight excluding hydrogens is 264 g/mol. The minimum absolute atomic E-state index is 0.952. The maximum Gasteiger partial charge on any atom is -0.00290 e. The molecule has 0 atom stereocenters. The van der Waals surface area contributed by atoms with E-state index in [1.54, 1.807) is 0 Å². The minimum Gasteiger partial charge on any atom is -0.0991 e. The van der Waals surface area contributed by atoms with Crippen molar-refractivity contribution in [3.63, 3.8) is 0 Å². The van der Waals surface area contributed by atoms with E-state index in [-0.39, 0.29) is 0 Å². The second-order valence-corrected chi connectivity index (χ2v) is 5.09. The summed E-state index contributed by atoms with van der Waals surface area (Å²) >= 11 is 0. The van der Waals surface area contributed by atoms with Gasteiger partial charge in [0, 0.05) is 0 Å². The third kappa shape index (κ3) is 6.41. The monoisotopic (exact) mass is 290 g/mol. The zero-order valence-corrected chi connectivity index (χ0v) is 13.8. The first-order valence-electron chi connectivity index (χ1n) is 7.69. The Bertz CT molecular complexity index is 534. The summed E-state index contributed by atoms with van der Waals surface area (Å²) in [5.41, 5.74) is 5.26. The van der Waals surface area contributed by atoms with E-state index in [4.69, 9.17) is 0 Å². The number of allylic oxidation sites excluding steroid dienone is 10. The van der Waals surface area contributed by atoms with Crippen molar-refractivity contribution in [3.05, 3.63) is 108 Å². The first-order valence-corrected chi connectivity index (χ1v) is 7.69. The molecule has 1 aromatic rings. The lowest BCUT2D eigenvalue weighted by Crippen LogP contribution is -1.91. The van der Waals surface area contributed by atoms with Gasteiger partial charge in [-0.1, -0.05) is 86.0 Å². The summed E-state index contributed by atoms with van der Waals surface area (Å²) in [6.45, 7) is 11.6. The van der Waals surface area contributed by atoms with Crippen LogP contribution >= 0.6 is 0 Å². The molecule has 1 aromatic carbocycles. The average Bonchev–Trinajstić information content (AvgIpc) is 2.56. The van der Waals surface area contributed by atoms with E-state index < -0.39 is 0 Å². The normalized spacial score (nSPS) is 13.0. The molecule has 0 heterocycles. The van der Waals surface area contributed by atoms with Crippen LogP contribution in [-0.4, -0.2) is 0 Å². The van der Waals surface area contributed by atoms with Crippen LogP contribution in [0.2, 0.25) is 0 Å². The molecule has 114 valence electrons. The zero-order chi connectivity index (χ0) is 16.2. The van der Waals surface area contributed by atoms with Crippen molar-refractivity contribution in [2.75, 3.05) is 0 Å². The highest BCUT2D eigenvalue weighted by molar-refractivity contribution is 5.34. The van der Waals surface area contributed by atoms with Gasteiger partial charge in [-0.25, -0.2) is 0 Å². The molecule has 22 heavy (non-hydrogen) atoms. The lowest BCUT2D eigenvalue weighted by Gasteiger charge is -2.06. The van der Waals surface area contributed by atoms with Crippen LogP contribution in [0.15, 0.2) is 97.2 Å². The van der Waals surface area contributed by atoms with E-state index in [2.05, 4.69) is 75.6 Å². The van der Waals surface area contributed by atoms with Gasteiger partial charge in [-0.15, -0.1) is 0 Å². The van der Waals surface area contributed by atoms with Crippen molar-refractivity contribution in [2.45, 2.75) is 26.7 Å². The van der Waals surface area contributed by atoms with Gasteiger partial charge in [0.2, 0.25) is 0 Å². The van der Waals surface area contributed by atoms with Crippen LogP contribution in [0.5, 0.6) is 0 Å². The fourth-order valence-electron chi connectivity index (χ4n) is 2.14. The molecule has 0 N–H and O–H groups in total. The van der Waals surface area contributed by atoms with Crippen molar-refractivity contribution in [1.29, 1.82) is 0 Å². The number of rotatable bonds is 8. The minimum atomic E-state index is 0.952. The molecule has 0 amide bonds. The highest BCUT2D eigenvalue weighted by Crippen LogP contribution is 2.14. The molecule has 0 spiro atoms. The van der Waals surface area contributed by atoms with Gasteiger partial charge in [-0.05, 0) is 49.0 Å². The average molecular weight is 290 g/mol. The van der Waals surface area contributed by atoms with Crippen LogP contribution in [0.3, 0.4) is 0 Å². The quantitative estimate of drug-likeness (QED) is 0.504. The maximum absolute atomic E-state index is 3.71. The molecule has 0 nitrogen and oxygen atoms in total. The first kappa shape index (κ1) is 17.7. The van der Waals surface area contributed by atoms with Crippen LogP contribution < -0.4 is 0 Å². The Morgan fingerprint density at radius 3 is 1.41 bits per heavy atom. The predicted octanol–water partition coefficient (Wildman–Crippen LogP) is 6.15. The molecule has 0 aliphatic rings. The highest BCUT2D eigenvalue weighted by atomic mass is 14.0.